The highest BCUT2D eigenvalue weighted by Gasteiger charge is 2.31. The Morgan fingerprint density at radius 3 is 2.50 bits per heavy atom. The number of methoxy groups -OCH3 is 2. The van der Waals surface area contributed by atoms with Crippen LogP contribution in [0.1, 0.15) is 29.6 Å². The van der Waals surface area contributed by atoms with Crippen molar-refractivity contribution in [1.82, 2.24) is 14.8 Å². The van der Waals surface area contributed by atoms with E-state index in [1.165, 1.54) is 0 Å². The van der Waals surface area contributed by atoms with Gasteiger partial charge in [-0.05, 0) is 41.8 Å². The lowest BCUT2D eigenvalue weighted by Crippen LogP contribution is -2.28. The fourth-order valence-corrected chi connectivity index (χ4v) is 3.79. The molecule has 4 rings (SSSR count). The van der Waals surface area contributed by atoms with Crippen LogP contribution in [0.3, 0.4) is 0 Å². The molecule has 2 heterocycles. The van der Waals surface area contributed by atoms with E-state index in [4.69, 9.17) is 38.4 Å². The van der Waals surface area contributed by atoms with Gasteiger partial charge in [0.25, 0.3) is 0 Å². The van der Waals surface area contributed by atoms with Crippen molar-refractivity contribution in [3.63, 3.8) is 0 Å². The van der Waals surface area contributed by atoms with Crippen LogP contribution < -0.4 is 20.5 Å². The Morgan fingerprint density at radius 2 is 1.79 bits per heavy atom. The Balaban J connectivity index is 1.76. The number of nitrogens with one attached hydrogen (secondary N) is 1. The summed E-state index contributed by atoms with van der Waals surface area (Å²) < 4.78 is 12.6. The number of aromatic nitrogens is 3. The zero-order chi connectivity index (χ0) is 19.8. The van der Waals surface area contributed by atoms with Crippen molar-refractivity contribution in [3.8, 4) is 11.5 Å². The summed E-state index contributed by atoms with van der Waals surface area (Å²) >= 11 is 12.3. The Kier molecular flexibility index (Phi) is 4.95. The molecule has 28 heavy (non-hydrogen) atoms. The third-order valence-electron chi connectivity index (χ3n) is 4.84. The van der Waals surface area contributed by atoms with E-state index in [0.717, 1.165) is 11.1 Å². The van der Waals surface area contributed by atoms with Gasteiger partial charge in [0.05, 0.1) is 36.3 Å². The molecule has 0 saturated heterocycles. The van der Waals surface area contributed by atoms with Gasteiger partial charge in [0.1, 0.15) is 0 Å². The molecule has 146 valence electrons. The van der Waals surface area contributed by atoms with E-state index in [1.54, 1.807) is 25.0 Å². The van der Waals surface area contributed by atoms with Crippen LogP contribution in [-0.4, -0.2) is 29.0 Å². The smallest absolute Gasteiger partial charge is 0.241 e. The van der Waals surface area contributed by atoms with Gasteiger partial charge in [0, 0.05) is 0 Å². The Labute approximate surface area is 172 Å². The third-order valence-corrected chi connectivity index (χ3v) is 5.58. The molecule has 0 unspecified atom stereocenters. The first-order valence-electron chi connectivity index (χ1n) is 8.65. The molecule has 0 bridgehead atoms. The number of nitrogens with zero attached hydrogens (tertiary/aromatic N) is 3. The Morgan fingerprint density at radius 1 is 1.04 bits per heavy atom. The maximum atomic E-state index is 6.22. The monoisotopic (exact) mass is 419 g/mol. The predicted molar refractivity (Wildman–Crippen MR) is 110 cm³/mol. The van der Waals surface area contributed by atoms with Crippen LogP contribution in [0.25, 0.3) is 0 Å². The molecule has 0 amide bonds. The van der Waals surface area contributed by atoms with E-state index in [2.05, 4.69) is 15.4 Å². The number of nitrogens with two attached hydrogens (primary N) is 1. The molecule has 2 aromatic carbocycles. The van der Waals surface area contributed by atoms with Crippen LogP contribution in [-0.2, 0) is 0 Å². The van der Waals surface area contributed by atoms with Crippen LogP contribution >= 0.6 is 23.2 Å². The van der Waals surface area contributed by atoms with Gasteiger partial charge < -0.3 is 20.5 Å². The summed E-state index contributed by atoms with van der Waals surface area (Å²) in [5.41, 5.74) is 7.88. The molecule has 0 radical (unpaired) electrons. The van der Waals surface area contributed by atoms with Crippen molar-refractivity contribution < 1.29 is 9.47 Å². The van der Waals surface area contributed by atoms with E-state index in [-0.39, 0.29) is 18.0 Å². The standard InChI is InChI=1S/C19H19Cl2N5O2/c1-27-16-6-4-11(8-17(16)28-2)15-9-14(10-3-5-12(20)13(21)7-10)23-19-24-18(22)25-26(15)19/h3-8,14-15H,9H2,1-2H3,(H3,22,23,24,25)/t14-,15+/m0/s1. The summed E-state index contributed by atoms with van der Waals surface area (Å²) in [5.74, 6) is 2.13. The average Bonchev–Trinajstić information content (AvgIpc) is 3.08. The zero-order valence-corrected chi connectivity index (χ0v) is 16.8. The number of nitrogen functional groups attached to an aromatic ring is 1. The summed E-state index contributed by atoms with van der Waals surface area (Å²) in [6.07, 6.45) is 0.712. The molecule has 0 aliphatic carbocycles. The van der Waals surface area contributed by atoms with Crippen LogP contribution in [0.4, 0.5) is 11.9 Å². The first-order valence-corrected chi connectivity index (χ1v) is 9.41. The normalized spacial score (nSPS) is 18.3. The first kappa shape index (κ1) is 18.7. The van der Waals surface area contributed by atoms with Crippen LogP contribution in [0.5, 0.6) is 11.5 Å². The SMILES string of the molecule is COc1ccc([C@H]2C[C@@H](c3ccc(Cl)c(Cl)c3)Nc3nc(N)nn32)cc1OC. The van der Waals surface area contributed by atoms with Crippen molar-refractivity contribution in [2.45, 2.75) is 18.5 Å². The lowest BCUT2D eigenvalue weighted by Gasteiger charge is -2.32. The lowest BCUT2D eigenvalue weighted by atomic mass is 9.93. The van der Waals surface area contributed by atoms with Crippen molar-refractivity contribution in [3.05, 3.63) is 57.6 Å². The highest BCUT2D eigenvalue weighted by atomic mass is 35.5. The van der Waals surface area contributed by atoms with Crippen LogP contribution in [0.15, 0.2) is 36.4 Å². The van der Waals surface area contributed by atoms with E-state index in [0.29, 0.717) is 33.9 Å². The number of halogens is 2. The van der Waals surface area contributed by atoms with Crippen molar-refractivity contribution in [1.29, 1.82) is 0 Å². The minimum Gasteiger partial charge on any atom is -0.493 e. The maximum Gasteiger partial charge on any atom is 0.241 e. The van der Waals surface area contributed by atoms with Gasteiger partial charge in [-0.3, -0.25) is 0 Å². The molecule has 0 saturated carbocycles. The van der Waals surface area contributed by atoms with Gasteiger partial charge in [-0.1, -0.05) is 35.3 Å². The molecule has 0 spiro atoms. The number of benzene rings is 2. The summed E-state index contributed by atoms with van der Waals surface area (Å²) in [5, 5.41) is 8.78. The largest absolute Gasteiger partial charge is 0.493 e. The summed E-state index contributed by atoms with van der Waals surface area (Å²) in [6, 6.07) is 11.3. The number of ether oxygens (including phenoxy) is 2. The molecule has 7 nitrogen and oxygen atoms in total. The number of hydrogen-bond donors (Lipinski definition) is 2. The van der Waals surface area contributed by atoms with Gasteiger partial charge in [-0.15, -0.1) is 5.10 Å². The molecule has 0 fully saturated rings. The maximum absolute atomic E-state index is 6.22. The lowest BCUT2D eigenvalue weighted by molar-refractivity contribution is 0.352. The fourth-order valence-electron chi connectivity index (χ4n) is 3.48. The number of rotatable bonds is 4. The minimum absolute atomic E-state index is 0.0380. The predicted octanol–water partition coefficient (Wildman–Crippen LogP) is 4.33. The van der Waals surface area contributed by atoms with Gasteiger partial charge in [0.15, 0.2) is 11.5 Å². The van der Waals surface area contributed by atoms with Gasteiger partial charge >= 0.3 is 0 Å². The summed E-state index contributed by atoms with van der Waals surface area (Å²) in [6.45, 7) is 0. The topological polar surface area (TPSA) is 87.2 Å². The third kappa shape index (κ3) is 3.31. The van der Waals surface area contributed by atoms with Crippen molar-refractivity contribution in [2.24, 2.45) is 0 Å². The summed E-state index contributed by atoms with van der Waals surface area (Å²) in [7, 11) is 3.22. The molecule has 1 aliphatic rings. The number of hydrogen-bond acceptors (Lipinski definition) is 6. The van der Waals surface area contributed by atoms with Gasteiger partial charge in [0.2, 0.25) is 11.9 Å². The molecule has 1 aromatic heterocycles. The Hall–Kier alpha value is -2.64. The minimum atomic E-state index is -0.0969. The number of fused-ring (bicyclic) bond motifs is 1. The average molecular weight is 420 g/mol. The second-order valence-electron chi connectivity index (χ2n) is 6.47. The van der Waals surface area contributed by atoms with Crippen LogP contribution in [0, 0.1) is 0 Å². The molecular formula is C19H19Cl2N5O2. The zero-order valence-electron chi connectivity index (χ0n) is 15.3. The molecule has 2 atom stereocenters. The molecule has 9 heteroatoms. The second kappa shape index (κ2) is 7.41. The van der Waals surface area contributed by atoms with E-state index < -0.39 is 0 Å². The second-order valence-corrected chi connectivity index (χ2v) is 7.29. The van der Waals surface area contributed by atoms with Gasteiger partial charge in [-0.25, -0.2) is 4.68 Å². The van der Waals surface area contributed by atoms with E-state index >= 15 is 0 Å². The molecular weight excluding hydrogens is 401 g/mol. The van der Waals surface area contributed by atoms with E-state index in [1.807, 2.05) is 30.3 Å². The highest BCUT2D eigenvalue weighted by Crippen LogP contribution is 2.41. The van der Waals surface area contributed by atoms with Crippen molar-refractivity contribution >= 4 is 35.1 Å². The number of anilines is 2. The summed E-state index contributed by atoms with van der Waals surface area (Å²) in [4.78, 5) is 4.32. The van der Waals surface area contributed by atoms with Gasteiger partial charge in [-0.2, -0.15) is 4.98 Å². The fraction of sp³-hybridized carbons (Fsp3) is 0.263. The molecule has 3 aromatic rings. The van der Waals surface area contributed by atoms with Crippen molar-refractivity contribution in [2.75, 3.05) is 25.3 Å². The van der Waals surface area contributed by atoms with Crippen LogP contribution in [0.2, 0.25) is 10.0 Å². The van der Waals surface area contributed by atoms with E-state index in [9.17, 15) is 0 Å². The molecule has 1 aliphatic heterocycles. The quantitative estimate of drug-likeness (QED) is 0.654. The first-order chi connectivity index (χ1) is 13.5. The highest BCUT2D eigenvalue weighted by molar-refractivity contribution is 6.42. The Bertz CT molecular complexity index is 1020. The molecule has 3 N–H and O–H groups in total.